The van der Waals surface area contributed by atoms with Gasteiger partial charge in [-0.1, -0.05) is 11.6 Å². The number of nitriles is 1. The number of benzene rings is 1. The lowest BCUT2D eigenvalue weighted by atomic mass is 10.1. The summed E-state index contributed by atoms with van der Waals surface area (Å²) in [5.41, 5.74) is 1.98. The van der Waals surface area contributed by atoms with E-state index in [1.165, 1.54) is 11.3 Å². The summed E-state index contributed by atoms with van der Waals surface area (Å²) >= 11 is 7.38. The Morgan fingerprint density at radius 2 is 2.33 bits per heavy atom. The van der Waals surface area contributed by atoms with E-state index in [-0.39, 0.29) is 10.8 Å². The molecule has 1 aromatic carbocycles. The van der Waals surface area contributed by atoms with E-state index >= 15 is 0 Å². The molecular formula is C15H13ClN2O2S. The average Bonchev–Trinajstić information content (AvgIpc) is 2.88. The number of allylic oxidation sites excluding steroid dienone is 1. The highest BCUT2D eigenvalue weighted by Crippen LogP contribution is 2.36. The Bertz CT molecular complexity index is 732. The minimum absolute atomic E-state index is 0.0979. The third-order valence-electron chi connectivity index (χ3n) is 2.63. The molecule has 2 rings (SSSR count). The van der Waals surface area contributed by atoms with Crippen LogP contribution < -0.4 is 4.74 Å². The summed E-state index contributed by atoms with van der Waals surface area (Å²) in [5, 5.41) is 21.8. The van der Waals surface area contributed by atoms with Crippen LogP contribution in [0.1, 0.15) is 23.2 Å². The number of phenolic OH excluding ortho intramolecular Hbond substituents is 1. The van der Waals surface area contributed by atoms with E-state index in [2.05, 4.69) is 11.1 Å². The third-order valence-corrected chi connectivity index (χ3v) is 3.91. The number of hydrogen-bond acceptors (Lipinski definition) is 5. The van der Waals surface area contributed by atoms with Crippen molar-refractivity contribution in [2.75, 3.05) is 6.61 Å². The van der Waals surface area contributed by atoms with Gasteiger partial charge in [-0.15, -0.1) is 11.3 Å². The van der Waals surface area contributed by atoms with Crippen LogP contribution in [-0.4, -0.2) is 16.7 Å². The minimum atomic E-state index is -0.0979. The van der Waals surface area contributed by atoms with Gasteiger partial charge in [-0.05, 0) is 37.6 Å². The summed E-state index contributed by atoms with van der Waals surface area (Å²) in [6.07, 6.45) is 1.67. The molecule has 0 fully saturated rings. The van der Waals surface area contributed by atoms with Crippen LogP contribution in [0.15, 0.2) is 17.5 Å². The summed E-state index contributed by atoms with van der Waals surface area (Å²) in [4.78, 5) is 4.29. The lowest BCUT2D eigenvalue weighted by Gasteiger charge is -2.08. The van der Waals surface area contributed by atoms with Gasteiger partial charge in [-0.3, -0.25) is 0 Å². The number of aryl methyl sites for hydroxylation is 1. The van der Waals surface area contributed by atoms with Crippen molar-refractivity contribution in [3.8, 4) is 17.6 Å². The Hall–Kier alpha value is -2.03. The Balaban J connectivity index is 2.46. The van der Waals surface area contributed by atoms with Crippen molar-refractivity contribution < 1.29 is 9.84 Å². The van der Waals surface area contributed by atoms with Crippen molar-refractivity contribution in [3.05, 3.63) is 38.8 Å². The van der Waals surface area contributed by atoms with Crippen molar-refractivity contribution in [3.63, 3.8) is 0 Å². The number of phenols is 1. The topological polar surface area (TPSA) is 66.1 Å². The molecular weight excluding hydrogens is 308 g/mol. The molecule has 0 aliphatic heterocycles. The molecule has 1 heterocycles. The third kappa shape index (κ3) is 3.54. The summed E-state index contributed by atoms with van der Waals surface area (Å²) < 4.78 is 5.32. The molecule has 0 unspecified atom stereocenters. The first-order valence-corrected chi connectivity index (χ1v) is 7.50. The van der Waals surface area contributed by atoms with Crippen LogP contribution in [0.5, 0.6) is 11.5 Å². The number of ether oxygens (including phenoxy) is 1. The first-order valence-electron chi connectivity index (χ1n) is 6.24. The van der Waals surface area contributed by atoms with Crippen LogP contribution >= 0.6 is 22.9 Å². The number of nitrogens with zero attached hydrogens (tertiary/aromatic N) is 2. The predicted octanol–water partition coefficient (Wildman–Crippen LogP) is 4.27. The van der Waals surface area contributed by atoms with Crippen LogP contribution in [0, 0.1) is 18.3 Å². The highest BCUT2D eigenvalue weighted by Gasteiger charge is 2.11. The second kappa shape index (κ2) is 6.61. The second-order valence-electron chi connectivity index (χ2n) is 4.25. The molecule has 4 nitrogen and oxygen atoms in total. The van der Waals surface area contributed by atoms with E-state index < -0.39 is 0 Å². The molecule has 0 saturated heterocycles. The predicted molar refractivity (Wildman–Crippen MR) is 84.6 cm³/mol. The van der Waals surface area contributed by atoms with E-state index in [1.54, 1.807) is 18.2 Å². The maximum Gasteiger partial charge on any atom is 0.176 e. The number of halogens is 1. The molecule has 0 aliphatic carbocycles. The largest absolute Gasteiger partial charge is 0.503 e. The van der Waals surface area contributed by atoms with Gasteiger partial charge in [0.1, 0.15) is 11.1 Å². The summed E-state index contributed by atoms with van der Waals surface area (Å²) in [5.74, 6) is 0.197. The van der Waals surface area contributed by atoms with Gasteiger partial charge in [0.25, 0.3) is 0 Å². The van der Waals surface area contributed by atoms with Crippen molar-refractivity contribution >= 4 is 34.6 Å². The Kier molecular flexibility index (Phi) is 4.84. The van der Waals surface area contributed by atoms with E-state index in [9.17, 15) is 10.4 Å². The van der Waals surface area contributed by atoms with Crippen LogP contribution in [0.3, 0.4) is 0 Å². The number of rotatable bonds is 4. The lowest BCUT2D eigenvalue weighted by Crippen LogP contribution is -1.93. The molecule has 21 heavy (non-hydrogen) atoms. The molecule has 0 spiro atoms. The van der Waals surface area contributed by atoms with Gasteiger partial charge in [0.15, 0.2) is 11.5 Å². The van der Waals surface area contributed by atoms with Crippen molar-refractivity contribution in [2.24, 2.45) is 0 Å². The average molecular weight is 321 g/mol. The van der Waals surface area contributed by atoms with Gasteiger partial charge in [0.05, 0.1) is 17.2 Å². The quantitative estimate of drug-likeness (QED) is 0.854. The molecule has 0 radical (unpaired) electrons. The van der Waals surface area contributed by atoms with E-state index in [0.29, 0.717) is 28.5 Å². The molecule has 2 aromatic rings. The molecule has 0 atom stereocenters. The van der Waals surface area contributed by atoms with E-state index in [0.717, 1.165) is 5.69 Å². The Labute approximate surface area is 131 Å². The van der Waals surface area contributed by atoms with Gasteiger partial charge < -0.3 is 9.84 Å². The molecule has 6 heteroatoms. The lowest BCUT2D eigenvalue weighted by molar-refractivity contribution is 0.318. The fraction of sp³-hybridized carbons (Fsp3) is 0.200. The van der Waals surface area contributed by atoms with Crippen LogP contribution in [0.4, 0.5) is 0 Å². The normalized spacial score (nSPS) is 11.2. The van der Waals surface area contributed by atoms with Crippen LogP contribution in [0.2, 0.25) is 5.02 Å². The van der Waals surface area contributed by atoms with E-state index in [1.807, 2.05) is 19.2 Å². The van der Waals surface area contributed by atoms with Crippen LogP contribution in [-0.2, 0) is 0 Å². The molecule has 1 N–H and O–H groups in total. The number of thiazole rings is 1. The molecule has 0 saturated carbocycles. The summed E-state index contributed by atoms with van der Waals surface area (Å²) in [6.45, 7) is 4.10. The zero-order chi connectivity index (χ0) is 15.4. The highest BCUT2D eigenvalue weighted by molar-refractivity contribution is 7.11. The van der Waals surface area contributed by atoms with Gasteiger partial charge in [-0.25, -0.2) is 4.98 Å². The Morgan fingerprint density at radius 1 is 1.57 bits per heavy atom. The van der Waals surface area contributed by atoms with Gasteiger partial charge >= 0.3 is 0 Å². The molecule has 108 valence electrons. The molecule has 0 bridgehead atoms. The Morgan fingerprint density at radius 3 is 2.90 bits per heavy atom. The summed E-state index contributed by atoms with van der Waals surface area (Å²) in [6, 6.07) is 5.35. The summed E-state index contributed by atoms with van der Waals surface area (Å²) in [7, 11) is 0. The highest BCUT2D eigenvalue weighted by atomic mass is 35.5. The molecule has 0 amide bonds. The van der Waals surface area contributed by atoms with Crippen LogP contribution in [0.25, 0.3) is 11.6 Å². The van der Waals surface area contributed by atoms with Gasteiger partial charge in [-0.2, -0.15) is 5.26 Å². The molecule has 1 aromatic heterocycles. The number of aromatic nitrogens is 1. The maximum absolute atomic E-state index is 9.81. The monoisotopic (exact) mass is 320 g/mol. The van der Waals surface area contributed by atoms with Crippen molar-refractivity contribution in [1.29, 1.82) is 5.26 Å². The second-order valence-corrected chi connectivity index (χ2v) is 5.51. The van der Waals surface area contributed by atoms with Gasteiger partial charge in [0.2, 0.25) is 0 Å². The van der Waals surface area contributed by atoms with Gasteiger partial charge in [0, 0.05) is 11.1 Å². The van der Waals surface area contributed by atoms with Crippen molar-refractivity contribution in [2.45, 2.75) is 13.8 Å². The standard InChI is InChI=1S/C15H13ClN2O2S/c1-3-20-13-6-10(5-12(16)14(13)19)4-11(7-17)15-18-9(2)8-21-15/h4-6,8,19H,3H2,1-2H3/b11-4+. The fourth-order valence-corrected chi connectivity index (χ4v) is 2.71. The SMILES string of the molecule is CCOc1cc(/C=C(\C#N)c2nc(C)cs2)cc(Cl)c1O. The zero-order valence-electron chi connectivity index (χ0n) is 11.6. The first-order chi connectivity index (χ1) is 10.0. The zero-order valence-corrected chi connectivity index (χ0v) is 13.1. The van der Waals surface area contributed by atoms with E-state index in [4.69, 9.17) is 16.3 Å². The number of aromatic hydroxyl groups is 1. The smallest absolute Gasteiger partial charge is 0.176 e. The minimum Gasteiger partial charge on any atom is -0.503 e. The van der Waals surface area contributed by atoms with Crippen molar-refractivity contribution in [1.82, 2.24) is 4.98 Å². The maximum atomic E-state index is 9.81. The number of hydrogen-bond donors (Lipinski definition) is 1. The molecule has 0 aliphatic rings. The first kappa shape index (κ1) is 15.4. The fourth-order valence-electron chi connectivity index (χ4n) is 1.73.